The standard InChI is InChI=1S/C18H13ClF3NO4S/c1-26-13-5-3-10(7-11(13)19)16-15(17(18(21)22)27-23-16)9-4-6-14(12(20)8-9)28(2,24)25/h3-8,18H,1-2H3. The third kappa shape index (κ3) is 3.72. The Morgan fingerprint density at radius 3 is 2.36 bits per heavy atom. The van der Waals surface area contributed by atoms with Crippen LogP contribution in [0, 0.1) is 5.82 Å². The van der Waals surface area contributed by atoms with Crippen LogP contribution in [0.25, 0.3) is 22.4 Å². The van der Waals surface area contributed by atoms with E-state index in [-0.39, 0.29) is 21.8 Å². The van der Waals surface area contributed by atoms with E-state index in [0.717, 1.165) is 18.4 Å². The van der Waals surface area contributed by atoms with Gasteiger partial charge in [0.05, 0.1) is 17.7 Å². The van der Waals surface area contributed by atoms with Crippen LogP contribution in [0.2, 0.25) is 5.02 Å². The number of hydrogen-bond acceptors (Lipinski definition) is 5. The van der Waals surface area contributed by atoms with Gasteiger partial charge in [0.15, 0.2) is 9.84 Å². The average molecular weight is 432 g/mol. The maximum Gasteiger partial charge on any atom is 0.298 e. The lowest BCUT2D eigenvalue weighted by atomic mass is 9.99. The molecule has 10 heteroatoms. The fraction of sp³-hybridized carbons (Fsp3) is 0.167. The number of hydrogen-bond donors (Lipinski definition) is 0. The van der Waals surface area contributed by atoms with Crippen molar-refractivity contribution in [2.45, 2.75) is 11.3 Å². The topological polar surface area (TPSA) is 69.4 Å². The summed E-state index contributed by atoms with van der Waals surface area (Å²) in [6.45, 7) is 0. The molecule has 0 aliphatic heterocycles. The first-order chi connectivity index (χ1) is 13.1. The summed E-state index contributed by atoms with van der Waals surface area (Å²) in [6.07, 6.45) is -2.18. The zero-order valence-corrected chi connectivity index (χ0v) is 16.1. The molecule has 0 spiro atoms. The molecule has 0 saturated heterocycles. The molecule has 0 saturated carbocycles. The minimum absolute atomic E-state index is 0.00589. The fourth-order valence-electron chi connectivity index (χ4n) is 2.70. The van der Waals surface area contributed by atoms with Gasteiger partial charge in [-0.3, -0.25) is 0 Å². The monoisotopic (exact) mass is 431 g/mol. The molecule has 0 aliphatic rings. The molecule has 3 aromatic rings. The van der Waals surface area contributed by atoms with Gasteiger partial charge in [0.1, 0.15) is 22.2 Å². The highest BCUT2D eigenvalue weighted by molar-refractivity contribution is 7.90. The summed E-state index contributed by atoms with van der Waals surface area (Å²) in [5.41, 5.74) is 0.175. The molecule has 28 heavy (non-hydrogen) atoms. The van der Waals surface area contributed by atoms with E-state index in [2.05, 4.69) is 5.16 Å². The van der Waals surface area contributed by atoms with Crippen LogP contribution in [0.15, 0.2) is 45.8 Å². The zero-order chi connectivity index (χ0) is 20.6. The third-order valence-electron chi connectivity index (χ3n) is 3.96. The Labute approximate surface area is 163 Å². The molecule has 0 fully saturated rings. The third-order valence-corrected chi connectivity index (χ3v) is 5.39. The average Bonchev–Trinajstić information content (AvgIpc) is 3.05. The number of sulfone groups is 1. The summed E-state index contributed by atoms with van der Waals surface area (Å²) in [4.78, 5) is -0.541. The first-order valence-electron chi connectivity index (χ1n) is 7.75. The van der Waals surface area contributed by atoms with Crippen LogP contribution in [0.5, 0.6) is 5.75 Å². The van der Waals surface area contributed by atoms with Crippen LogP contribution < -0.4 is 4.74 Å². The van der Waals surface area contributed by atoms with Gasteiger partial charge < -0.3 is 9.26 Å². The molecule has 3 rings (SSSR count). The SMILES string of the molecule is COc1ccc(-c2noc(C(F)F)c2-c2ccc(S(C)(=O)=O)c(F)c2)cc1Cl. The number of alkyl halides is 2. The van der Waals surface area contributed by atoms with Crippen LogP contribution in [-0.2, 0) is 9.84 Å². The Hall–Kier alpha value is -2.52. The Bertz CT molecular complexity index is 1150. The van der Waals surface area contributed by atoms with Gasteiger partial charge >= 0.3 is 0 Å². The van der Waals surface area contributed by atoms with Gasteiger partial charge in [0, 0.05) is 11.8 Å². The van der Waals surface area contributed by atoms with Gasteiger partial charge in [0.2, 0.25) is 5.76 Å². The van der Waals surface area contributed by atoms with Crippen molar-refractivity contribution in [3.63, 3.8) is 0 Å². The lowest BCUT2D eigenvalue weighted by molar-refractivity contribution is 0.113. The first kappa shape index (κ1) is 20.2. The first-order valence-corrected chi connectivity index (χ1v) is 10.0. The van der Waals surface area contributed by atoms with Crippen molar-refractivity contribution in [2.24, 2.45) is 0 Å². The number of nitrogens with zero attached hydrogens (tertiary/aromatic N) is 1. The van der Waals surface area contributed by atoms with Crippen molar-refractivity contribution in [2.75, 3.05) is 13.4 Å². The summed E-state index contributed by atoms with van der Waals surface area (Å²) < 4.78 is 74.2. The lowest BCUT2D eigenvalue weighted by Gasteiger charge is -2.08. The molecular weight excluding hydrogens is 419 g/mol. The Morgan fingerprint density at radius 1 is 1.14 bits per heavy atom. The number of aromatic nitrogens is 1. The molecule has 0 bridgehead atoms. The molecule has 1 aromatic heterocycles. The van der Waals surface area contributed by atoms with Crippen molar-refractivity contribution in [1.82, 2.24) is 5.16 Å². The highest BCUT2D eigenvalue weighted by Crippen LogP contribution is 2.41. The van der Waals surface area contributed by atoms with Gasteiger partial charge in [-0.05, 0) is 35.9 Å². The van der Waals surface area contributed by atoms with Crippen molar-refractivity contribution in [3.05, 3.63) is 53.0 Å². The number of ether oxygens (including phenoxy) is 1. The van der Waals surface area contributed by atoms with Gasteiger partial charge in [-0.25, -0.2) is 21.6 Å². The molecule has 5 nitrogen and oxygen atoms in total. The molecule has 0 atom stereocenters. The molecule has 1 heterocycles. The lowest BCUT2D eigenvalue weighted by Crippen LogP contribution is -2.01. The zero-order valence-electron chi connectivity index (χ0n) is 14.5. The second-order valence-corrected chi connectivity index (χ2v) is 8.23. The maximum absolute atomic E-state index is 14.3. The number of halogens is 4. The molecule has 0 unspecified atom stereocenters. The summed E-state index contributed by atoms with van der Waals surface area (Å²) in [7, 11) is -2.39. The maximum atomic E-state index is 14.3. The summed E-state index contributed by atoms with van der Waals surface area (Å²) in [6, 6.07) is 7.56. The van der Waals surface area contributed by atoms with Gasteiger partial charge in [-0.1, -0.05) is 22.8 Å². The van der Waals surface area contributed by atoms with Crippen LogP contribution in [0.3, 0.4) is 0 Å². The van der Waals surface area contributed by atoms with E-state index in [1.54, 1.807) is 0 Å². The predicted octanol–water partition coefficient (Wildman–Crippen LogP) is 5.15. The molecule has 2 aromatic carbocycles. The van der Waals surface area contributed by atoms with Crippen LogP contribution >= 0.6 is 11.6 Å². The van der Waals surface area contributed by atoms with Gasteiger partial charge in [-0.2, -0.15) is 0 Å². The summed E-state index contributed by atoms with van der Waals surface area (Å²) in [5, 5.41) is 3.90. The number of benzene rings is 2. The predicted molar refractivity (Wildman–Crippen MR) is 97.0 cm³/mol. The second kappa shape index (κ2) is 7.48. The van der Waals surface area contributed by atoms with Gasteiger partial charge in [-0.15, -0.1) is 0 Å². The molecule has 0 aliphatic carbocycles. The molecular formula is C18H13ClF3NO4S. The molecule has 0 radical (unpaired) electrons. The van der Waals surface area contributed by atoms with E-state index in [4.69, 9.17) is 20.9 Å². The largest absolute Gasteiger partial charge is 0.495 e. The normalized spacial score (nSPS) is 11.8. The quantitative estimate of drug-likeness (QED) is 0.558. The number of rotatable bonds is 5. The minimum Gasteiger partial charge on any atom is -0.495 e. The minimum atomic E-state index is -3.81. The Morgan fingerprint density at radius 2 is 1.82 bits per heavy atom. The summed E-state index contributed by atoms with van der Waals surface area (Å²) >= 11 is 6.09. The van der Waals surface area contributed by atoms with E-state index in [1.807, 2.05) is 0 Å². The van der Waals surface area contributed by atoms with Crippen molar-refractivity contribution < 1.29 is 30.8 Å². The Balaban J connectivity index is 2.22. The second-order valence-electron chi connectivity index (χ2n) is 5.84. The van der Waals surface area contributed by atoms with Crippen molar-refractivity contribution in [1.29, 1.82) is 0 Å². The summed E-state index contributed by atoms with van der Waals surface area (Å²) in [5.74, 6) is -1.47. The van der Waals surface area contributed by atoms with Crippen LogP contribution in [-0.4, -0.2) is 26.9 Å². The molecule has 148 valence electrons. The fourth-order valence-corrected chi connectivity index (χ4v) is 3.68. The van der Waals surface area contributed by atoms with Crippen LogP contribution in [0.4, 0.5) is 13.2 Å². The van der Waals surface area contributed by atoms with E-state index in [9.17, 15) is 21.6 Å². The van der Waals surface area contributed by atoms with Crippen LogP contribution in [0.1, 0.15) is 12.2 Å². The van der Waals surface area contributed by atoms with Crippen molar-refractivity contribution >= 4 is 21.4 Å². The van der Waals surface area contributed by atoms with Gasteiger partial charge in [0.25, 0.3) is 6.43 Å². The highest BCUT2D eigenvalue weighted by atomic mass is 35.5. The smallest absolute Gasteiger partial charge is 0.298 e. The molecule has 0 N–H and O–H groups in total. The van der Waals surface area contributed by atoms with Crippen molar-refractivity contribution in [3.8, 4) is 28.1 Å². The van der Waals surface area contributed by atoms with E-state index in [1.165, 1.54) is 31.4 Å². The van der Waals surface area contributed by atoms with E-state index >= 15 is 0 Å². The highest BCUT2D eigenvalue weighted by Gasteiger charge is 2.27. The van der Waals surface area contributed by atoms with E-state index < -0.39 is 32.7 Å². The van der Waals surface area contributed by atoms with E-state index in [0.29, 0.717) is 11.3 Å². The Kier molecular flexibility index (Phi) is 5.40. The number of methoxy groups -OCH3 is 1. The molecule has 0 amide bonds.